The topological polar surface area (TPSA) is 12.0 Å². The molecule has 0 aromatic carbocycles. The lowest BCUT2D eigenvalue weighted by Crippen LogP contribution is -2.28. The van der Waals surface area contributed by atoms with E-state index in [1.54, 1.807) is 0 Å². The van der Waals surface area contributed by atoms with Crippen molar-refractivity contribution in [1.29, 1.82) is 0 Å². The highest BCUT2D eigenvalue weighted by Crippen LogP contribution is 2.17. The van der Waals surface area contributed by atoms with E-state index in [2.05, 4.69) is 12.2 Å². The van der Waals surface area contributed by atoms with Crippen molar-refractivity contribution < 1.29 is 0 Å². The van der Waals surface area contributed by atoms with Crippen molar-refractivity contribution >= 4 is 11.6 Å². The van der Waals surface area contributed by atoms with E-state index in [9.17, 15) is 0 Å². The van der Waals surface area contributed by atoms with Gasteiger partial charge in [-0.1, -0.05) is 19.8 Å². The molecular weight excluding hydrogens is 170 g/mol. The van der Waals surface area contributed by atoms with Crippen LogP contribution in [0.5, 0.6) is 0 Å². The van der Waals surface area contributed by atoms with Crippen molar-refractivity contribution in [2.75, 3.05) is 6.54 Å². The van der Waals surface area contributed by atoms with Crippen LogP contribution in [0.25, 0.3) is 0 Å². The Morgan fingerprint density at radius 2 is 2.08 bits per heavy atom. The summed E-state index contributed by atoms with van der Waals surface area (Å²) in [5.41, 5.74) is 0. The van der Waals surface area contributed by atoms with Crippen LogP contribution in [-0.4, -0.2) is 18.0 Å². The predicted molar refractivity (Wildman–Crippen MR) is 54.8 cm³/mol. The predicted octanol–water partition coefficient (Wildman–Crippen LogP) is 2.93. The van der Waals surface area contributed by atoms with E-state index in [0.29, 0.717) is 5.38 Å². The SMILES string of the molecule is CCC(Cl)CCNC1CCCC1. The third-order valence-electron chi connectivity index (χ3n) is 2.69. The summed E-state index contributed by atoms with van der Waals surface area (Å²) >= 11 is 6.01. The maximum Gasteiger partial charge on any atom is 0.0345 e. The van der Waals surface area contributed by atoms with Gasteiger partial charge in [-0.05, 0) is 32.2 Å². The van der Waals surface area contributed by atoms with Gasteiger partial charge in [0.15, 0.2) is 0 Å². The Balaban J connectivity index is 1.94. The Bertz CT molecular complexity index is 110. The van der Waals surface area contributed by atoms with Crippen molar-refractivity contribution in [2.24, 2.45) is 0 Å². The molecule has 1 N–H and O–H groups in total. The number of rotatable bonds is 5. The number of alkyl halides is 1. The summed E-state index contributed by atoms with van der Waals surface area (Å²) in [6, 6.07) is 0.797. The Labute approximate surface area is 80.9 Å². The van der Waals surface area contributed by atoms with Crippen LogP contribution < -0.4 is 5.32 Å². The third-order valence-corrected chi connectivity index (χ3v) is 3.22. The van der Waals surface area contributed by atoms with E-state index in [1.165, 1.54) is 25.7 Å². The standard InChI is InChI=1S/C10H20ClN/c1-2-9(11)7-8-12-10-5-3-4-6-10/h9-10,12H,2-8H2,1H3. The van der Waals surface area contributed by atoms with E-state index in [0.717, 1.165) is 25.4 Å². The Morgan fingerprint density at radius 3 is 2.67 bits per heavy atom. The minimum atomic E-state index is 0.374. The Hall–Kier alpha value is 0.250. The van der Waals surface area contributed by atoms with Crippen molar-refractivity contribution in [1.82, 2.24) is 5.32 Å². The van der Waals surface area contributed by atoms with Gasteiger partial charge < -0.3 is 5.32 Å². The minimum Gasteiger partial charge on any atom is -0.314 e. The average Bonchev–Trinajstić information content (AvgIpc) is 2.57. The second-order valence-corrected chi connectivity index (χ2v) is 4.35. The quantitative estimate of drug-likeness (QED) is 0.656. The van der Waals surface area contributed by atoms with Gasteiger partial charge in [-0.25, -0.2) is 0 Å². The summed E-state index contributed by atoms with van der Waals surface area (Å²) in [5, 5.41) is 3.94. The number of hydrogen-bond donors (Lipinski definition) is 1. The molecule has 1 aliphatic rings. The second-order valence-electron chi connectivity index (χ2n) is 3.73. The highest BCUT2D eigenvalue weighted by atomic mass is 35.5. The molecule has 0 heterocycles. The molecule has 0 amide bonds. The smallest absolute Gasteiger partial charge is 0.0345 e. The van der Waals surface area contributed by atoms with E-state index >= 15 is 0 Å². The first kappa shape index (κ1) is 10.3. The van der Waals surface area contributed by atoms with Crippen LogP contribution in [0.2, 0.25) is 0 Å². The molecule has 0 aromatic heterocycles. The molecule has 2 heteroatoms. The van der Waals surface area contributed by atoms with Crippen LogP contribution in [0.3, 0.4) is 0 Å². The van der Waals surface area contributed by atoms with Crippen LogP contribution >= 0.6 is 11.6 Å². The summed E-state index contributed by atoms with van der Waals surface area (Å²) in [4.78, 5) is 0. The molecule has 0 aliphatic heterocycles. The van der Waals surface area contributed by atoms with Crippen molar-refractivity contribution in [3.63, 3.8) is 0 Å². The fraction of sp³-hybridized carbons (Fsp3) is 1.00. The van der Waals surface area contributed by atoms with E-state index in [-0.39, 0.29) is 0 Å². The Morgan fingerprint density at radius 1 is 1.42 bits per heavy atom. The second kappa shape index (κ2) is 5.82. The summed E-state index contributed by atoms with van der Waals surface area (Å²) in [7, 11) is 0. The van der Waals surface area contributed by atoms with Gasteiger partial charge in [0, 0.05) is 11.4 Å². The molecule has 1 unspecified atom stereocenters. The van der Waals surface area contributed by atoms with E-state index < -0.39 is 0 Å². The van der Waals surface area contributed by atoms with Crippen LogP contribution in [-0.2, 0) is 0 Å². The molecule has 1 atom stereocenters. The molecule has 0 bridgehead atoms. The zero-order chi connectivity index (χ0) is 8.81. The fourth-order valence-corrected chi connectivity index (χ4v) is 1.89. The van der Waals surface area contributed by atoms with Gasteiger partial charge in [-0.3, -0.25) is 0 Å². The van der Waals surface area contributed by atoms with Gasteiger partial charge in [0.2, 0.25) is 0 Å². The molecular formula is C10H20ClN. The monoisotopic (exact) mass is 189 g/mol. The number of hydrogen-bond acceptors (Lipinski definition) is 1. The fourth-order valence-electron chi connectivity index (χ4n) is 1.78. The summed E-state index contributed by atoms with van der Waals surface area (Å²) in [5.74, 6) is 0. The lowest BCUT2D eigenvalue weighted by atomic mass is 10.2. The zero-order valence-corrected chi connectivity index (χ0v) is 8.74. The summed E-state index contributed by atoms with van der Waals surface area (Å²) in [6.07, 6.45) is 7.78. The molecule has 0 spiro atoms. The van der Waals surface area contributed by atoms with Crippen molar-refractivity contribution in [3.8, 4) is 0 Å². The molecule has 0 saturated heterocycles. The van der Waals surface area contributed by atoms with Gasteiger partial charge in [-0.2, -0.15) is 0 Å². The molecule has 72 valence electrons. The van der Waals surface area contributed by atoms with Crippen LogP contribution in [0.1, 0.15) is 45.4 Å². The van der Waals surface area contributed by atoms with Gasteiger partial charge in [0.25, 0.3) is 0 Å². The van der Waals surface area contributed by atoms with Gasteiger partial charge in [-0.15, -0.1) is 11.6 Å². The first-order valence-electron chi connectivity index (χ1n) is 5.20. The lowest BCUT2D eigenvalue weighted by molar-refractivity contribution is 0.508. The number of halogens is 1. The largest absolute Gasteiger partial charge is 0.314 e. The average molecular weight is 190 g/mol. The maximum absolute atomic E-state index is 6.01. The highest BCUT2D eigenvalue weighted by molar-refractivity contribution is 6.20. The molecule has 1 nitrogen and oxygen atoms in total. The van der Waals surface area contributed by atoms with Crippen LogP contribution in [0, 0.1) is 0 Å². The summed E-state index contributed by atoms with van der Waals surface area (Å²) in [6.45, 7) is 3.25. The minimum absolute atomic E-state index is 0.374. The molecule has 0 radical (unpaired) electrons. The Kier molecular flexibility index (Phi) is 5.01. The maximum atomic E-state index is 6.01. The van der Waals surface area contributed by atoms with Crippen molar-refractivity contribution in [2.45, 2.75) is 56.9 Å². The zero-order valence-electron chi connectivity index (χ0n) is 7.98. The molecule has 1 saturated carbocycles. The van der Waals surface area contributed by atoms with Crippen molar-refractivity contribution in [3.05, 3.63) is 0 Å². The number of nitrogens with one attached hydrogen (secondary N) is 1. The van der Waals surface area contributed by atoms with Gasteiger partial charge in [0.05, 0.1) is 0 Å². The normalized spacial score (nSPS) is 21.5. The molecule has 1 fully saturated rings. The van der Waals surface area contributed by atoms with Crippen LogP contribution in [0.4, 0.5) is 0 Å². The van der Waals surface area contributed by atoms with Gasteiger partial charge in [0.1, 0.15) is 0 Å². The van der Waals surface area contributed by atoms with Gasteiger partial charge >= 0.3 is 0 Å². The lowest BCUT2D eigenvalue weighted by Gasteiger charge is -2.12. The molecule has 1 aliphatic carbocycles. The van der Waals surface area contributed by atoms with Crippen LogP contribution in [0.15, 0.2) is 0 Å². The third kappa shape index (κ3) is 3.77. The first-order valence-corrected chi connectivity index (χ1v) is 5.64. The molecule has 0 aromatic rings. The van der Waals surface area contributed by atoms with E-state index in [1.807, 2.05) is 0 Å². The molecule has 12 heavy (non-hydrogen) atoms. The first-order chi connectivity index (χ1) is 5.83. The highest BCUT2D eigenvalue weighted by Gasteiger charge is 2.13. The summed E-state index contributed by atoms with van der Waals surface area (Å²) < 4.78 is 0. The molecule has 1 rings (SSSR count). The van der Waals surface area contributed by atoms with E-state index in [4.69, 9.17) is 11.6 Å².